The van der Waals surface area contributed by atoms with E-state index in [9.17, 15) is 4.79 Å². The van der Waals surface area contributed by atoms with Crippen LogP contribution in [-0.2, 0) is 47.4 Å². The first-order valence-corrected chi connectivity index (χ1v) is 11.5. The van der Waals surface area contributed by atoms with Gasteiger partial charge in [0.2, 0.25) is 0 Å². The van der Waals surface area contributed by atoms with E-state index in [1.165, 1.54) is 6.92 Å². The summed E-state index contributed by atoms with van der Waals surface area (Å²) in [6, 6.07) is 0. The molecule has 0 aromatic rings. The molecule has 0 spiro atoms. The molecule has 11 nitrogen and oxygen atoms in total. The summed E-state index contributed by atoms with van der Waals surface area (Å²) in [5, 5.41) is 8.55. The Labute approximate surface area is 202 Å². The molecule has 6 aliphatic rings. The molecule has 0 aromatic carbocycles. The minimum absolute atomic E-state index is 0. The molecular weight excluding hydrogens is 452 g/mol. The lowest BCUT2D eigenvalue weighted by molar-refractivity contribution is -0.469. The van der Waals surface area contributed by atoms with Crippen molar-refractivity contribution in [1.82, 2.24) is 0 Å². The van der Waals surface area contributed by atoms with Crippen molar-refractivity contribution in [3.63, 3.8) is 0 Å². The van der Waals surface area contributed by atoms with Gasteiger partial charge in [-0.05, 0) is 0 Å². The van der Waals surface area contributed by atoms with Crippen molar-refractivity contribution in [2.75, 3.05) is 79.3 Å². The predicted molar refractivity (Wildman–Crippen MR) is 119 cm³/mol. The van der Waals surface area contributed by atoms with Crippen LogP contribution >= 0.6 is 0 Å². The molecule has 4 bridgehead atoms. The molecule has 6 aliphatic heterocycles. The maximum atomic E-state index is 10.5. The lowest BCUT2D eigenvalue weighted by Crippen LogP contribution is -2.59. The molecule has 34 heavy (non-hydrogen) atoms. The van der Waals surface area contributed by atoms with Crippen molar-refractivity contribution in [2.24, 2.45) is 10.8 Å². The molecule has 0 radical (unpaired) electrons. The fourth-order valence-electron chi connectivity index (χ4n) is 3.55. The number of aliphatic hydroxyl groups excluding tert-OH is 1. The summed E-state index contributed by atoms with van der Waals surface area (Å²) < 4.78 is 48.7. The molecule has 0 saturated carbocycles. The molecule has 0 amide bonds. The molecule has 0 unspecified atom stereocenters. The van der Waals surface area contributed by atoms with Gasteiger partial charge in [0.05, 0.1) is 85.5 Å². The lowest BCUT2D eigenvalue weighted by atomic mass is 9.91. The van der Waals surface area contributed by atoms with Crippen LogP contribution in [0.4, 0.5) is 0 Å². The van der Waals surface area contributed by atoms with Gasteiger partial charge in [-0.25, -0.2) is 0 Å². The number of ether oxygens (including phenoxy) is 9. The molecule has 1 N–H and O–H groups in total. The fraction of sp³-hybridized carbons (Fsp3) is 0.957. The van der Waals surface area contributed by atoms with E-state index in [-0.39, 0.29) is 37.4 Å². The average Bonchev–Trinajstić information content (AvgIpc) is 2.82. The van der Waals surface area contributed by atoms with Crippen LogP contribution in [0, 0.1) is 10.8 Å². The van der Waals surface area contributed by atoms with Crippen LogP contribution in [0.15, 0.2) is 0 Å². The van der Waals surface area contributed by atoms with Gasteiger partial charge < -0.3 is 47.7 Å². The van der Waals surface area contributed by atoms with Gasteiger partial charge in [-0.15, -0.1) is 0 Å². The van der Waals surface area contributed by atoms with E-state index in [2.05, 4.69) is 13.8 Å². The number of rotatable bonds is 11. The molecular formula is C23H42O11. The van der Waals surface area contributed by atoms with Crippen LogP contribution in [0.5, 0.6) is 0 Å². The highest BCUT2D eigenvalue weighted by Crippen LogP contribution is 2.40. The lowest BCUT2D eigenvalue weighted by Gasteiger charge is -2.50. The third kappa shape index (κ3) is 8.35. The highest BCUT2D eigenvalue weighted by Gasteiger charge is 2.51. The van der Waals surface area contributed by atoms with E-state index >= 15 is 0 Å². The molecule has 6 rings (SSSR count). The molecule has 11 heteroatoms. The standard InChI is InChI=1S/C12H20O6.C10H18O5.CH4/c1-10(13)15-6-5-14-4-3-12-16-7-11(2,8-17-12)9-18-12;1-9-6-13-10(14-7-9,15-8-9)2-4-12-5-3-11;/h3-9H2,1-2H3;11H,2-8H2,1H3;1H4. The zero-order chi connectivity index (χ0) is 23.8. The van der Waals surface area contributed by atoms with E-state index in [0.717, 1.165) is 0 Å². The van der Waals surface area contributed by atoms with Gasteiger partial charge in [0.15, 0.2) is 0 Å². The monoisotopic (exact) mass is 494 g/mol. The normalized spacial score (nSPS) is 35.8. The SMILES string of the molecule is C.CC(=O)OCCOCCC12OCC(C)(CO1)CO2.CC12COC(CCOCCO)(OC1)OC2. The van der Waals surface area contributed by atoms with Crippen LogP contribution in [-0.4, -0.2) is 102 Å². The van der Waals surface area contributed by atoms with Gasteiger partial charge in [0.1, 0.15) is 6.61 Å². The van der Waals surface area contributed by atoms with Gasteiger partial charge in [0, 0.05) is 17.8 Å². The van der Waals surface area contributed by atoms with Crippen molar-refractivity contribution in [3.8, 4) is 0 Å². The number of esters is 1. The second kappa shape index (κ2) is 12.9. The molecule has 200 valence electrons. The van der Waals surface area contributed by atoms with Crippen LogP contribution < -0.4 is 0 Å². The van der Waals surface area contributed by atoms with Gasteiger partial charge in [-0.1, -0.05) is 21.3 Å². The molecule has 0 aliphatic carbocycles. The highest BCUT2D eigenvalue weighted by atomic mass is 16.9. The number of hydrogen-bond donors (Lipinski definition) is 1. The first-order chi connectivity index (χ1) is 15.7. The van der Waals surface area contributed by atoms with E-state index in [1.807, 2.05) is 0 Å². The number of aliphatic hydroxyl groups is 1. The summed E-state index contributed by atoms with van der Waals surface area (Å²) >= 11 is 0. The van der Waals surface area contributed by atoms with Crippen LogP contribution in [0.25, 0.3) is 0 Å². The topological polar surface area (TPSA) is 120 Å². The van der Waals surface area contributed by atoms with Gasteiger partial charge in [-0.3, -0.25) is 4.79 Å². The summed E-state index contributed by atoms with van der Waals surface area (Å²) in [4.78, 5) is 10.5. The van der Waals surface area contributed by atoms with Gasteiger partial charge in [-0.2, -0.15) is 0 Å². The Bertz CT molecular complexity index is 577. The Balaban J connectivity index is 0.000000237. The van der Waals surface area contributed by atoms with E-state index in [4.69, 9.17) is 47.7 Å². The predicted octanol–water partition coefficient (Wildman–Crippen LogP) is 1.45. The molecule has 0 aromatic heterocycles. The Morgan fingerprint density at radius 2 is 1.09 bits per heavy atom. The summed E-state index contributed by atoms with van der Waals surface area (Å²) in [5.41, 5.74) is -0.00829. The second-order valence-corrected chi connectivity index (χ2v) is 9.51. The Kier molecular flexibility index (Phi) is 11.1. The van der Waals surface area contributed by atoms with Crippen LogP contribution in [0.1, 0.15) is 41.0 Å². The number of carbonyl (C=O) groups is 1. The molecule has 6 fully saturated rings. The Hall–Kier alpha value is -0.890. The summed E-state index contributed by atoms with van der Waals surface area (Å²) in [5.74, 6) is -2.13. The average molecular weight is 495 g/mol. The minimum atomic E-state index is -0.931. The van der Waals surface area contributed by atoms with Gasteiger partial charge in [0.25, 0.3) is 11.9 Å². The van der Waals surface area contributed by atoms with E-state index in [1.54, 1.807) is 0 Å². The van der Waals surface area contributed by atoms with Crippen molar-refractivity contribution in [1.29, 1.82) is 0 Å². The fourth-order valence-corrected chi connectivity index (χ4v) is 3.55. The Morgan fingerprint density at radius 3 is 1.44 bits per heavy atom. The summed E-state index contributed by atoms with van der Waals surface area (Å²) in [6.45, 7) is 11.4. The number of hydrogen-bond acceptors (Lipinski definition) is 11. The molecule has 0 atom stereocenters. The van der Waals surface area contributed by atoms with Crippen molar-refractivity contribution in [3.05, 3.63) is 0 Å². The van der Waals surface area contributed by atoms with Crippen LogP contribution in [0.2, 0.25) is 0 Å². The summed E-state index contributed by atoms with van der Waals surface area (Å²) in [6.07, 6.45) is 1.06. The number of fused-ring (bicyclic) bond motifs is 6. The zero-order valence-electron chi connectivity index (χ0n) is 19.9. The first kappa shape index (κ1) is 29.3. The van der Waals surface area contributed by atoms with Crippen molar-refractivity contribution >= 4 is 5.97 Å². The quantitative estimate of drug-likeness (QED) is 0.332. The van der Waals surface area contributed by atoms with E-state index in [0.29, 0.717) is 78.9 Å². The second-order valence-electron chi connectivity index (χ2n) is 9.51. The first-order valence-electron chi connectivity index (χ1n) is 11.5. The maximum absolute atomic E-state index is 10.5. The van der Waals surface area contributed by atoms with E-state index < -0.39 is 11.9 Å². The minimum Gasteiger partial charge on any atom is -0.463 e. The van der Waals surface area contributed by atoms with Crippen LogP contribution in [0.3, 0.4) is 0 Å². The largest absolute Gasteiger partial charge is 0.463 e. The third-order valence-electron chi connectivity index (χ3n) is 5.72. The highest BCUT2D eigenvalue weighted by molar-refractivity contribution is 5.65. The molecule has 6 heterocycles. The van der Waals surface area contributed by atoms with Gasteiger partial charge >= 0.3 is 5.97 Å². The Morgan fingerprint density at radius 1 is 0.706 bits per heavy atom. The third-order valence-corrected chi connectivity index (χ3v) is 5.72. The van der Waals surface area contributed by atoms with Crippen molar-refractivity contribution < 1.29 is 52.5 Å². The maximum Gasteiger partial charge on any atom is 0.302 e. The molecule has 6 saturated heterocycles. The zero-order valence-corrected chi connectivity index (χ0v) is 19.9. The summed E-state index contributed by atoms with van der Waals surface area (Å²) in [7, 11) is 0. The van der Waals surface area contributed by atoms with Crippen molar-refractivity contribution in [2.45, 2.75) is 53.0 Å². The number of carbonyl (C=O) groups excluding carboxylic acids is 1. The smallest absolute Gasteiger partial charge is 0.302 e.